The van der Waals surface area contributed by atoms with Crippen LogP contribution in [0.5, 0.6) is 0 Å². The molecule has 0 aliphatic carbocycles. The van der Waals surface area contributed by atoms with Gasteiger partial charge in [0.05, 0.1) is 0 Å². The fourth-order valence-electron chi connectivity index (χ4n) is 1.33. The molecule has 2 N–H and O–H groups in total. The minimum atomic E-state index is 0.386. The molecule has 1 aromatic rings. The molecule has 0 aliphatic rings. The summed E-state index contributed by atoms with van der Waals surface area (Å²) in [5, 5.41) is 11.5. The quantitative estimate of drug-likeness (QED) is 0.776. The zero-order valence-corrected chi connectivity index (χ0v) is 10.9. The molecule has 1 unspecified atom stereocenters. The molecule has 0 radical (unpaired) electrons. The van der Waals surface area contributed by atoms with Crippen LogP contribution in [-0.2, 0) is 6.42 Å². The van der Waals surface area contributed by atoms with Crippen molar-refractivity contribution in [2.75, 3.05) is 6.54 Å². The summed E-state index contributed by atoms with van der Waals surface area (Å²) in [7, 11) is 0. The monoisotopic (exact) mass is 242 g/mol. The van der Waals surface area contributed by atoms with Crippen LogP contribution in [0.2, 0.25) is 0 Å². The highest BCUT2D eigenvalue weighted by atomic mass is 32.1. The Hall–Kier alpha value is -0.610. The Labute approximate surface area is 101 Å². The molecule has 0 bridgehead atoms. The summed E-state index contributed by atoms with van der Waals surface area (Å²) in [4.78, 5) is 0. The van der Waals surface area contributed by atoms with Crippen molar-refractivity contribution < 1.29 is 0 Å². The van der Waals surface area contributed by atoms with Crippen molar-refractivity contribution in [3.8, 4) is 0 Å². The van der Waals surface area contributed by atoms with E-state index in [1.807, 2.05) is 0 Å². The number of rotatable bonds is 5. The molecule has 0 amide bonds. The lowest BCUT2D eigenvalue weighted by Gasteiger charge is -2.16. The van der Waals surface area contributed by atoms with Crippen LogP contribution in [0.25, 0.3) is 0 Å². The fourth-order valence-corrected chi connectivity index (χ4v) is 2.31. The van der Waals surface area contributed by atoms with E-state index in [9.17, 15) is 0 Å². The van der Waals surface area contributed by atoms with Crippen molar-refractivity contribution in [1.82, 2.24) is 10.6 Å². The van der Waals surface area contributed by atoms with E-state index in [1.165, 1.54) is 5.56 Å². The zero-order valence-electron chi connectivity index (χ0n) is 9.25. The predicted molar refractivity (Wildman–Crippen MR) is 71.5 cm³/mol. The van der Waals surface area contributed by atoms with Crippen molar-refractivity contribution in [2.45, 2.75) is 32.7 Å². The molecule has 0 saturated heterocycles. The number of thiophene rings is 1. The van der Waals surface area contributed by atoms with E-state index >= 15 is 0 Å². The number of hydrogen-bond donors (Lipinski definition) is 2. The smallest absolute Gasteiger partial charge is 0.166 e. The van der Waals surface area contributed by atoms with Gasteiger partial charge in [0.2, 0.25) is 0 Å². The van der Waals surface area contributed by atoms with Crippen LogP contribution in [0, 0.1) is 0 Å². The van der Waals surface area contributed by atoms with Crippen molar-refractivity contribution in [2.24, 2.45) is 0 Å². The van der Waals surface area contributed by atoms with Gasteiger partial charge in [-0.2, -0.15) is 11.3 Å². The summed E-state index contributed by atoms with van der Waals surface area (Å²) in [6.45, 7) is 5.22. The summed E-state index contributed by atoms with van der Waals surface area (Å²) >= 11 is 6.91. The molecule has 0 saturated carbocycles. The maximum absolute atomic E-state index is 5.17. The highest BCUT2D eigenvalue weighted by molar-refractivity contribution is 7.80. The second-order valence-electron chi connectivity index (χ2n) is 3.64. The maximum Gasteiger partial charge on any atom is 0.166 e. The highest BCUT2D eigenvalue weighted by Gasteiger charge is 2.04. The van der Waals surface area contributed by atoms with E-state index in [4.69, 9.17) is 12.2 Å². The molecule has 1 aromatic heterocycles. The SMILES string of the molecule is CCCNC(=S)NC(C)Cc1ccsc1. The van der Waals surface area contributed by atoms with Crippen molar-refractivity contribution in [1.29, 1.82) is 0 Å². The van der Waals surface area contributed by atoms with E-state index in [1.54, 1.807) is 11.3 Å². The van der Waals surface area contributed by atoms with Gasteiger partial charge in [-0.3, -0.25) is 0 Å². The first-order valence-corrected chi connectivity index (χ1v) is 6.63. The van der Waals surface area contributed by atoms with Crippen LogP contribution < -0.4 is 10.6 Å². The first-order chi connectivity index (χ1) is 7.22. The lowest BCUT2D eigenvalue weighted by molar-refractivity contribution is 0.648. The Morgan fingerprint density at radius 3 is 3.00 bits per heavy atom. The van der Waals surface area contributed by atoms with E-state index in [0.29, 0.717) is 6.04 Å². The van der Waals surface area contributed by atoms with Gasteiger partial charge in [-0.1, -0.05) is 6.92 Å². The van der Waals surface area contributed by atoms with E-state index in [2.05, 4.69) is 41.3 Å². The third-order valence-corrected chi connectivity index (χ3v) is 3.03. The van der Waals surface area contributed by atoms with E-state index in [-0.39, 0.29) is 0 Å². The van der Waals surface area contributed by atoms with Crippen LogP contribution in [0.15, 0.2) is 16.8 Å². The van der Waals surface area contributed by atoms with Gasteiger partial charge in [-0.15, -0.1) is 0 Å². The van der Waals surface area contributed by atoms with Crippen LogP contribution in [0.1, 0.15) is 25.8 Å². The second kappa shape index (κ2) is 6.80. The van der Waals surface area contributed by atoms with Crippen molar-refractivity contribution >= 4 is 28.7 Å². The molecular formula is C11H18N2S2. The van der Waals surface area contributed by atoms with Crippen LogP contribution in [-0.4, -0.2) is 17.7 Å². The van der Waals surface area contributed by atoms with Gasteiger partial charge in [0, 0.05) is 12.6 Å². The first kappa shape index (κ1) is 12.5. The molecule has 0 aromatic carbocycles. The molecular weight excluding hydrogens is 224 g/mol. The van der Waals surface area contributed by atoms with Gasteiger partial charge in [0.15, 0.2) is 5.11 Å². The van der Waals surface area contributed by atoms with Gasteiger partial charge in [0.1, 0.15) is 0 Å². The molecule has 15 heavy (non-hydrogen) atoms. The van der Waals surface area contributed by atoms with Crippen LogP contribution >= 0.6 is 23.6 Å². The largest absolute Gasteiger partial charge is 0.363 e. The second-order valence-corrected chi connectivity index (χ2v) is 4.83. The lowest BCUT2D eigenvalue weighted by atomic mass is 10.1. The number of thiocarbonyl (C=S) groups is 1. The normalized spacial score (nSPS) is 12.1. The van der Waals surface area contributed by atoms with E-state index < -0.39 is 0 Å². The highest BCUT2D eigenvalue weighted by Crippen LogP contribution is 2.08. The fraction of sp³-hybridized carbons (Fsp3) is 0.545. The Bertz CT molecular complexity index is 283. The summed E-state index contributed by atoms with van der Waals surface area (Å²) in [5.74, 6) is 0. The molecule has 4 heteroatoms. The maximum atomic E-state index is 5.17. The topological polar surface area (TPSA) is 24.1 Å². The van der Waals surface area contributed by atoms with Crippen molar-refractivity contribution in [3.05, 3.63) is 22.4 Å². The van der Waals surface area contributed by atoms with Crippen LogP contribution in [0.4, 0.5) is 0 Å². The molecule has 84 valence electrons. The van der Waals surface area contributed by atoms with E-state index in [0.717, 1.165) is 24.5 Å². The predicted octanol–water partition coefficient (Wildman–Crippen LogP) is 2.55. The summed E-state index contributed by atoms with van der Waals surface area (Å²) < 4.78 is 0. The average Bonchev–Trinajstić information content (AvgIpc) is 2.67. The minimum Gasteiger partial charge on any atom is -0.363 e. The zero-order chi connectivity index (χ0) is 11.1. The standard InChI is InChI=1S/C11H18N2S2/c1-3-5-12-11(14)13-9(2)7-10-4-6-15-8-10/h4,6,8-9H,3,5,7H2,1-2H3,(H2,12,13,14). The van der Waals surface area contributed by atoms with Gasteiger partial charge in [-0.05, 0) is 54.4 Å². The number of nitrogens with one attached hydrogen (secondary N) is 2. The Balaban J connectivity index is 2.23. The molecule has 1 rings (SSSR count). The Morgan fingerprint density at radius 1 is 1.60 bits per heavy atom. The molecule has 1 heterocycles. The number of hydrogen-bond acceptors (Lipinski definition) is 2. The summed E-state index contributed by atoms with van der Waals surface area (Å²) in [6, 6.07) is 2.54. The Kier molecular flexibility index (Phi) is 5.65. The average molecular weight is 242 g/mol. The van der Waals surface area contributed by atoms with Crippen LogP contribution in [0.3, 0.4) is 0 Å². The molecule has 0 aliphatic heterocycles. The van der Waals surface area contributed by atoms with Gasteiger partial charge in [-0.25, -0.2) is 0 Å². The first-order valence-electron chi connectivity index (χ1n) is 5.27. The van der Waals surface area contributed by atoms with Crippen molar-refractivity contribution in [3.63, 3.8) is 0 Å². The molecule has 2 nitrogen and oxygen atoms in total. The third kappa shape index (κ3) is 5.14. The third-order valence-electron chi connectivity index (χ3n) is 2.04. The minimum absolute atomic E-state index is 0.386. The van der Waals surface area contributed by atoms with Gasteiger partial charge < -0.3 is 10.6 Å². The summed E-state index contributed by atoms with van der Waals surface area (Å²) in [5.41, 5.74) is 1.37. The molecule has 1 atom stereocenters. The molecule has 0 fully saturated rings. The summed E-state index contributed by atoms with van der Waals surface area (Å²) in [6.07, 6.45) is 2.12. The molecule has 0 spiro atoms. The van der Waals surface area contributed by atoms with Gasteiger partial charge in [0.25, 0.3) is 0 Å². The van der Waals surface area contributed by atoms with Gasteiger partial charge >= 0.3 is 0 Å². The lowest BCUT2D eigenvalue weighted by Crippen LogP contribution is -2.41. The Morgan fingerprint density at radius 2 is 2.40 bits per heavy atom.